The Balaban J connectivity index is 2.29. The number of amides is 1. The summed E-state index contributed by atoms with van der Waals surface area (Å²) in [6.45, 7) is 3.98. The maximum atomic E-state index is 13.1. The van der Waals surface area contributed by atoms with E-state index in [1.54, 1.807) is 6.07 Å². The third kappa shape index (κ3) is 2.99. The molecule has 0 saturated carbocycles. The van der Waals surface area contributed by atoms with Gasteiger partial charge in [0.15, 0.2) is 0 Å². The van der Waals surface area contributed by atoms with Gasteiger partial charge in [-0.15, -0.1) is 0 Å². The first-order valence-electron chi connectivity index (χ1n) is 6.27. The molecule has 0 radical (unpaired) electrons. The van der Waals surface area contributed by atoms with Crippen molar-refractivity contribution in [1.29, 1.82) is 0 Å². The molecular weight excluding hydrogens is 241 g/mol. The van der Waals surface area contributed by atoms with E-state index in [0.717, 1.165) is 23.2 Å². The van der Waals surface area contributed by atoms with Crippen LogP contribution in [0.4, 0.5) is 10.1 Å². The highest BCUT2D eigenvalue weighted by atomic mass is 19.1. The molecule has 0 saturated heterocycles. The number of rotatable bonds is 3. The lowest BCUT2D eigenvalue weighted by Crippen LogP contribution is -2.14. The van der Waals surface area contributed by atoms with Gasteiger partial charge in [0.25, 0.3) is 5.91 Å². The maximum absolute atomic E-state index is 13.1. The fourth-order valence-electron chi connectivity index (χ4n) is 2.02. The van der Waals surface area contributed by atoms with Crippen molar-refractivity contribution >= 4 is 11.6 Å². The number of anilines is 1. The molecule has 0 aromatic heterocycles. The predicted octanol–water partition coefficient (Wildman–Crippen LogP) is 3.95. The van der Waals surface area contributed by atoms with Crippen LogP contribution in [0.1, 0.15) is 28.4 Å². The predicted molar refractivity (Wildman–Crippen MR) is 74.9 cm³/mol. The van der Waals surface area contributed by atoms with Crippen molar-refractivity contribution in [3.05, 3.63) is 65.0 Å². The molecule has 98 valence electrons. The molecule has 2 aromatic rings. The normalized spacial score (nSPS) is 10.3. The summed E-state index contributed by atoms with van der Waals surface area (Å²) in [5.74, 6) is -0.698. The molecule has 2 rings (SSSR count). The monoisotopic (exact) mass is 257 g/mol. The van der Waals surface area contributed by atoms with Crippen LogP contribution < -0.4 is 5.32 Å². The van der Waals surface area contributed by atoms with Crippen LogP contribution in [0.25, 0.3) is 0 Å². The van der Waals surface area contributed by atoms with Gasteiger partial charge in [0.1, 0.15) is 5.82 Å². The number of halogens is 1. The van der Waals surface area contributed by atoms with Crippen molar-refractivity contribution in [2.45, 2.75) is 20.3 Å². The molecule has 2 aromatic carbocycles. The molecular formula is C16H16FNO. The standard InChI is InChI=1S/C16H16FNO/c1-3-12-7-4-6-11(2)15(12)18-16(19)13-8-5-9-14(17)10-13/h4-10H,3H2,1-2H3,(H,18,19). The van der Waals surface area contributed by atoms with Crippen molar-refractivity contribution in [2.24, 2.45) is 0 Å². The number of carbonyl (C=O) groups excluding carboxylic acids is 1. The number of carbonyl (C=O) groups is 1. The van der Waals surface area contributed by atoms with E-state index in [2.05, 4.69) is 5.32 Å². The molecule has 3 heteroatoms. The van der Waals surface area contributed by atoms with Crippen LogP contribution in [0, 0.1) is 12.7 Å². The first-order chi connectivity index (χ1) is 9.11. The van der Waals surface area contributed by atoms with Crippen LogP contribution in [0.2, 0.25) is 0 Å². The summed E-state index contributed by atoms with van der Waals surface area (Å²) in [5.41, 5.74) is 3.22. The van der Waals surface area contributed by atoms with E-state index in [0.29, 0.717) is 5.56 Å². The minimum atomic E-state index is -0.409. The average Bonchev–Trinajstić information content (AvgIpc) is 2.41. The lowest BCUT2D eigenvalue weighted by molar-refractivity contribution is 0.102. The van der Waals surface area contributed by atoms with E-state index in [-0.39, 0.29) is 5.91 Å². The maximum Gasteiger partial charge on any atom is 0.255 e. The van der Waals surface area contributed by atoms with Gasteiger partial charge in [-0.05, 0) is 42.7 Å². The summed E-state index contributed by atoms with van der Waals surface area (Å²) < 4.78 is 13.1. The molecule has 0 bridgehead atoms. The van der Waals surface area contributed by atoms with E-state index in [4.69, 9.17) is 0 Å². The van der Waals surface area contributed by atoms with Crippen LogP contribution in [0.15, 0.2) is 42.5 Å². The van der Waals surface area contributed by atoms with E-state index in [1.165, 1.54) is 18.2 Å². The molecule has 0 aliphatic heterocycles. The molecule has 0 aliphatic carbocycles. The highest BCUT2D eigenvalue weighted by Gasteiger charge is 2.10. The van der Waals surface area contributed by atoms with Gasteiger partial charge in [-0.25, -0.2) is 4.39 Å². The number of hydrogen-bond donors (Lipinski definition) is 1. The second kappa shape index (κ2) is 5.65. The third-order valence-electron chi connectivity index (χ3n) is 3.07. The SMILES string of the molecule is CCc1cccc(C)c1NC(=O)c1cccc(F)c1. The Morgan fingerprint density at radius 2 is 1.95 bits per heavy atom. The highest BCUT2D eigenvalue weighted by Crippen LogP contribution is 2.21. The van der Waals surface area contributed by atoms with Crippen molar-refractivity contribution < 1.29 is 9.18 Å². The summed E-state index contributed by atoms with van der Waals surface area (Å²) in [6.07, 6.45) is 0.834. The van der Waals surface area contributed by atoms with E-state index < -0.39 is 5.82 Å². The molecule has 0 spiro atoms. The zero-order valence-electron chi connectivity index (χ0n) is 11.0. The molecule has 2 nitrogen and oxygen atoms in total. The molecule has 0 heterocycles. The fourth-order valence-corrected chi connectivity index (χ4v) is 2.02. The Bertz CT molecular complexity index is 607. The third-order valence-corrected chi connectivity index (χ3v) is 3.07. The lowest BCUT2D eigenvalue weighted by atomic mass is 10.1. The smallest absolute Gasteiger partial charge is 0.255 e. The molecule has 0 fully saturated rings. The van der Waals surface area contributed by atoms with Crippen LogP contribution in [-0.2, 0) is 6.42 Å². The van der Waals surface area contributed by atoms with Crippen molar-refractivity contribution in [3.8, 4) is 0 Å². The first-order valence-corrected chi connectivity index (χ1v) is 6.27. The van der Waals surface area contributed by atoms with Crippen LogP contribution in [0.3, 0.4) is 0 Å². The van der Waals surface area contributed by atoms with Crippen LogP contribution >= 0.6 is 0 Å². The topological polar surface area (TPSA) is 29.1 Å². The Hall–Kier alpha value is -2.16. The fraction of sp³-hybridized carbons (Fsp3) is 0.188. The minimum absolute atomic E-state index is 0.288. The van der Waals surface area contributed by atoms with Crippen molar-refractivity contribution in [3.63, 3.8) is 0 Å². The van der Waals surface area contributed by atoms with Gasteiger partial charge in [-0.2, -0.15) is 0 Å². The summed E-state index contributed by atoms with van der Waals surface area (Å²) in [6, 6.07) is 11.6. The summed E-state index contributed by atoms with van der Waals surface area (Å²) >= 11 is 0. The van der Waals surface area contributed by atoms with Crippen LogP contribution in [-0.4, -0.2) is 5.91 Å². The molecule has 0 atom stereocenters. The molecule has 1 N–H and O–H groups in total. The number of nitrogens with one attached hydrogen (secondary N) is 1. The number of para-hydroxylation sites is 1. The van der Waals surface area contributed by atoms with Crippen molar-refractivity contribution in [2.75, 3.05) is 5.32 Å². The van der Waals surface area contributed by atoms with Gasteiger partial charge in [0, 0.05) is 11.3 Å². The van der Waals surface area contributed by atoms with Gasteiger partial charge in [0.2, 0.25) is 0 Å². The number of benzene rings is 2. The van der Waals surface area contributed by atoms with Gasteiger partial charge in [-0.1, -0.05) is 31.2 Å². The quantitative estimate of drug-likeness (QED) is 0.886. The Morgan fingerprint density at radius 1 is 1.21 bits per heavy atom. The highest BCUT2D eigenvalue weighted by molar-refractivity contribution is 6.05. The summed E-state index contributed by atoms with van der Waals surface area (Å²) in [7, 11) is 0. The van der Waals surface area contributed by atoms with Crippen molar-refractivity contribution in [1.82, 2.24) is 0 Å². The molecule has 1 amide bonds. The zero-order chi connectivity index (χ0) is 13.8. The van der Waals surface area contributed by atoms with E-state index >= 15 is 0 Å². The second-order valence-electron chi connectivity index (χ2n) is 4.43. The van der Waals surface area contributed by atoms with Crippen LogP contribution in [0.5, 0.6) is 0 Å². The Labute approximate surface area is 112 Å². The second-order valence-corrected chi connectivity index (χ2v) is 4.43. The Morgan fingerprint density at radius 3 is 2.63 bits per heavy atom. The number of hydrogen-bond acceptors (Lipinski definition) is 1. The molecule has 0 aliphatic rings. The zero-order valence-corrected chi connectivity index (χ0v) is 11.0. The lowest BCUT2D eigenvalue weighted by Gasteiger charge is -2.13. The summed E-state index contributed by atoms with van der Waals surface area (Å²) in [4.78, 5) is 12.1. The minimum Gasteiger partial charge on any atom is -0.321 e. The van der Waals surface area contributed by atoms with Gasteiger partial charge < -0.3 is 5.32 Å². The van der Waals surface area contributed by atoms with Gasteiger partial charge in [-0.3, -0.25) is 4.79 Å². The molecule has 0 unspecified atom stereocenters. The van der Waals surface area contributed by atoms with Gasteiger partial charge in [0.05, 0.1) is 0 Å². The summed E-state index contributed by atoms with van der Waals surface area (Å²) in [5, 5.41) is 2.87. The number of aryl methyl sites for hydroxylation is 2. The van der Waals surface area contributed by atoms with E-state index in [9.17, 15) is 9.18 Å². The van der Waals surface area contributed by atoms with Gasteiger partial charge >= 0.3 is 0 Å². The average molecular weight is 257 g/mol. The first kappa shape index (κ1) is 13.3. The van der Waals surface area contributed by atoms with E-state index in [1.807, 2.05) is 32.0 Å². The Kier molecular flexibility index (Phi) is 3.95. The molecule has 19 heavy (non-hydrogen) atoms. The largest absolute Gasteiger partial charge is 0.321 e.